The molecule has 0 aliphatic carbocycles. The molecule has 0 spiro atoms. The van der Waals surface area contributed by atoms with E-state index >= 15 is 0 Å². The molecule has 0 bridgehead atoms. The fourth-order valence-corrected chi connectivity index (χ4v) is 3.71. The molecule has 1 aromatic heterocycles. The number of fused-ring (bicyclic) bond motifs is 1. The molecule has 0 unspecified atom stereocenters. The summed E-state index contributed by atoms with van der Waals surface area (Å²) in [5, 5.41) is 5.27. The van der Waals surface area contributed by atoms with Crippen molar-refractivity contribution < 1.29 is 21.9 Å². The number of H-pyrrole nitrogens is 1. The number of sulfonamides is 1. The van der Waals surface area contributed by atoms with Gasteiger partial charge in [-0.3, -0.25) is 0 Å². The number of imidazole rings is 1. The molecule has 0 aliphatic heterocycles. The van der Waals surface area contributed by atoms with Gasteiger partial charge in [0, 0.05) is 22.7 Å². The van der Waals surface area contributed by atoms with E-state index in [-0.39, 0.29) is 11.7 Å². The van der Waals surface area contributed by atoms with Crippen LogP contribution >= 0.6 is 11.6 Å². The second-order valence-corrected chi connectivity index (χ2v) is 8.32. The number of ether oxygens (including phenoxy) is 1. The predicted molar refractivity (Wildman–Crippen MR) is 109 cm³/mol. The zero-order chi connectivity index (χ0) is 21.6. The molecular weight excluding hydrogens is 438 g/mol. The Bertz CT molecular complexity index is 1410. The predicted octanol–water partition coefficient (Wildman–Crippen LogP) is 4.18. The van der Waals surface area contributed by atoms with Crippen molar-refractivity contribution in [1.29, 1.82) is 0 Å². The van der Waals surface area contributed by atoms with Gasteiger partial charge in [0.05, 0.1) is 11.0 Å². The van der Waals surface area contributed by atoms with Crippen LogP contribution in [0.4, 0.5) is 14.7 Å². The van der Waals surface area contributed by atoms with Gasteiger partial charge in [0.25, 0.3) is 0 Å². The molecule has 0 fully saturated rings. The van der Waals surface area contributed by atoms with E-state index in [1.54, 1.807) is 24.3 Å². The average molecular weight is 451 g/mol. The maximum Gasteiger partial charge on any atom is 0.241 e. The smallest absolute Gasteiger partial charge is 0.241 e. The number of nitrogens with zero attached hydrogens (tertiary/aromatic N) is 1. The maximum absolute atomic E-state index is 14.4. The molecule has 0 aliphatic rings. The Morgan fingerprint density at radius 2 is 1.77 bits per heavy atom. The van der Waals surface area contributed by atoms with Gasteiger partial charge in [0.2, 0.25) is 10.0 Å². The zero-order valence-corrected chi connectivity index (χ0v) is 16.6. The summed E-state index contributed by atoms with van der Waals surface area (Å²) >= 11 is 6.11. The van der Waals surface area contributed by atoms with Crippen molar-refractivity contribution >= 4 is 38.6 Å². The normalized spacial score (nSPS) is 11.7. The second kappa shape index (κ2) is 7.24. The lowest BCUT2D eigenvalue weighted by molar-refractivity contribution is 0.433. The van der Waals surface area contributed by atoms with Crippen molar-refractivity contribution in [2.45, 2.75) is 4.90 Å². The van der Waals surface area contributed by atoms with E-state index in [2.05, 4.69) is 9.97 Å². The highest BCUT2D eigenvalue weighted by atomic mass is 35.5. The first-order valence-electron chi connectivity index (χ1n) is 8.37. The van der Waals surface area contributed by atoms with Gasteiger partial charge < -0.3 is 15.5 Å². The summed E-state index contributed by atoms with van der Waals surface area (Å²) in [5.74, 6) is -2.45. The van der Waals surface area contributed by atoms with Crippen molar-refractivity contribution in [3.8, 4) is 22.6 Å². The second-order valence-electron chi connectivity index (χ2n) is 6.35. The summed E-state index contributed by atoms with van der Waals surface area (Å²) in [6.07, 6.45) is 0. The summed E-state index contributed by atoms with van der Waals surface area (Å²) in [6, 6.07) is 10.9. The number of hydrogen-bond acceptors (Lipinski definition) is 5. The zero-order valence-electron chi connectivity index (χ0n) is 15.0. The lowest BCUT2D eigenvalue weighted by Crippen LogP contribution is -2.14. The van der Waals surface area contributed by atoms with Gasteiger partial charge in [-0.1, -0.05) is 17.7 Å². The first kappa shape index (κ1) is 20.1. The molecule has 11 heteroatoms. The third-order valence-electron chi connectivity index (χ3n) is 4.27. The molecular formula is C19H13ClF2N4O3S. The molecule has 4 aromatic rings. The van der Waals surface area contributed by atoms with Gasteiger partial charge >= 0.3 is 0 Å². The van der Waals surface area contributed by atoms with Crippen LogP contribution in [0.3, 0.4) is 0 Å². The minimum absolute atomic E-state index is 0.156. The van der Waals surface area contributed by atoms with Crippen LogP contribution in [0.5, 0.6) is 11.5 Å². The minimum atomic E-state index is -4.43. The molecule has 30 heavy (non-hydrogen) atoms. The van der Waals surface area contributed by atoms with Crippen molar-refractivity contribution in [3.63, 3.8) is 0 Å². The van der Waals surface area contributed by atoms with Gasteiger partial charge in [0.15, 0.2) is 17.5 Å². The van der Waals surface area contributed by atoms with E-state index in [0.29, 0.717) is 39.3 Å². The van der Waals surface area contributed by atoms with Crippen LogP contribution in [0, 0.1) is 11.6 Å². The monoisotopic (exact) mass is 450 g/mol. The van der Waals surface area contributed by atoms with Crippen LogP contribution in [0.25, 0.3) is 22.2 Å². The number of primary sulfonamides is 1. The summed E-state index contributed by atoms with van der Waals surface area (Å²) in [4.78, 5) is 6.09. The van der Waals surface area contributed by atoms with E-state index in [0.717, 1.165) is 0 Å². The van der Waals surface area contributed by atoms with Crippen molar-refractivity contribution in [2.75, 3.05) is 5.73 Å². The third-order valence-corrected chi connectivity index (χ3v) is 5.43. The Hall–Kier alpha value is -3.21. The molecule has 0 saturated carbocycles. The molecule has 0 radical (unpaired) electrons. The fraction of sp³-hybridized carbons (Fsp3) is 0. The van der Waals surface area contributed by atoms with Gasteiger partial charge in [-0.2, -0.15) is 0 Å². The first-order valence-corrected chi connectivity index (χ1v) is 10.3. The molecule has 0 saturated heterocycles. The van der Waals surface area contributed by atoms with Crippen LogP contribution in [-0.4, -0.2) is 18.4 Å². The van der Waals surface area contributed by atoms with Crippen molar-refractivity contribution in [3.05, 3.63) is 65.2 Å². The summed E-state index contributed by atoms with van der Waals surface area (Å²) in [5.41, 5.74) is 8.08. The number of aromatic nitrogens is 2. The van der Waals surface area contributed by atoms with Crippen LogP contribution in [0.2, 0.25) is 5.02 Å². The topological polar surface area (TPSA) is 124 Å². The SMILES string of the molecule is Nc1nc2cc(-c3cc(Cl)ccc3Oc3cc(F)c(S(N)(=O)=O)cc3F)ccc2[nH]1. The molecule has 154 valence electrons. The number of hydrogen-bond donors (Lipinski definition) is 3. The van der Waals surface area contributed by atoms with E-state index in [1.165, 1.54) is 12.1 Å². The first-order chi connectivity index (χ1) is 14.1. The lowest BCUT2D eigenvalue weighted by Gasteiger charge is -2.13. The van der Waals surface area contributed by atoms with Crippen LogP contribution in [0.15, 0.2) is 53.4 Å². The summed E-state index contributed by atoms with van der Waals surface area (Å²) in [6.45, 7) is 0. The van der Waals surface area contributed by atoms with Gasteiger partial charge in [-0.15, -0.1) is 0 Å². The molecule has 3 aromatic carbocycles. The molecule has 0 atom stereocenters. The van der Waals surface area contributed by atoms with Crippen molar-refractivity contribution in [1.82, 2.24) is 9.97 Å². The third kappa shape index (κ3) is 3.80. The highest BCUT2D eigenvalue weighted by Crippen LogP contribution is 2.38. The number of halogens is 3. The molecule has 7 nitrogen and oxygen atoms in total. The molecule has 4 rings (SSSR count). The Balaban J connectivity index is 1.80. The Kier molecular flexibility index (Phi) is 4.85. The standard InChI is InChI=1S/C19H13ClF2N4O3S/c20-10-2-4-16(29-17-7-13(22)18(8-12(17)21)30(24,27)28)11(6-10)9-1-3-14-15(5-9)26-19(23)25-14/h1-8H,(H3,23,25,26)(H2,24,27,28). The molecule has 5 N–H and O–H groups in total. The highest BCUT2D eigenvalue weighted by Gasteiger charge is 2.20. The van der Waals surface area contributed by atoms with Gasteiger partial charge in [-0.25, -0.2) is 27.3 Å². The number of benzene rings is 3. The Labute approximate surface area is 174 Å². The Morgan fingerprint density at radius 1 is 1.00 bits per heavy atom. The molecule has 0 amide bonds. The minimum Gasteiger partial charge on any atom is -0.454 e. The Morgan fingerprint density at radius 3 is 2.50 bits per heavy atom. The van der Waals surface area contributed by atoms with E-state index in [1.807, 2.05) is 0 Å². The average Bonchev–Trinajstić information content (AvgIpc) is 3.04. The van der Waals surface area contributed by atoms with Crippen LogP contribution < -0.4 is 15.6 Å². The van der Waals surface area contributed by atoms with E-state index in [4.69, 9.17) is 27.2 Å². The molecule has 1 heterocycles. The van der Waals surface area contributed by atoms with Gasteiger partial charge in [-0.05, 0) is 35.9 Å². The summed E-state index contributed by atoms with van der Waals surface area (Å²) < 4.78 is 56.8. The lowest BCUT2D eigenvalue weighted by atomic mass is 10.0. The number of anilines is 1. The van der Waals surface area contributed by atoms with E-state index < -0.39 is 32.3 Å². The number of nitrogen functional groups attached to an aromatic ring is 1. The van der Waals surface area contributed by atoms with Crippen LogP contribution in [0.1, 0.15) is 0 Å². The quantitative estimate of drug-likeness (QED) is 0.430. The number of nitrogens with one attached hydrogen (secondary N) is 1. The largest absolute Gasteiger partial charge is 0.454 e. The highest BCUT2D eigenvalue weighted by molar-refractivity contribution is 7.89. The van der Waals surface area contributed by atoms with Crippen molar-refractivity contribution in [2.24, 2.45) is 5.14 Å². The maximum atomic E-state index is 14.4. The van der Waals surface area contributed by atoms with Crippen LogP contribution in [-0.2, 0) is 10.0 Å². The van der Waals surface area contributed by atoms with Gasteiger partial charge in [0.1, 0.15) is 16.5 Å². The number of aromatic amines is 1. The fourth-order valence-electron chi connectivity index (χ4n) is 2.93. The van der Waals surface area contributed by atoms with E-state index in [9.17, 15) is 17.2 Å². The number of nitrogens with two attached hydrogens (primary N) is 2. The summed E-state index contributed by atoms with van der Waals surface area (Å²) in [7, 11) is -4.43. The number of rotatable bonds is 4.